The first-order valence-electron chi connectivity index (χ1n) is 5.10. The van der Waals surface area contributed by atoms with E-state index in [1.165, 1.54) is 6.07 Å². The lowest BCUT2D eigenvalue weighted by Gasteiger charge is -2.10. The number of hydrogen-bond donors (Lipinski definition) is 2. The van der Waals surface area contributed by atoms with Crippen molar-refractivity contribution in [2.75, 3.05) is 0 Å². The Morgan fingerprint density at radius 3 is 2.72 bits per heavy atom. The number of H-pyrrole nitrogens is 1. The molecule has 1 aromatic carbocycles. The highest BCUT2D eigenvalue weighted by Crippen LogP contribution is 2.19. The molecule has 18 heavy (non-hydrogen) atoms. The number of aromatic nitrogens is 2. The number of aromatic hydroxyl groups is 1. The second-order valence-corrected chi connectivity index (χ2v) is 3.71. The molecule has 0 spiro atoms. The van der Waals surface area contributed by atoms with Gasteiger partial charge in [0.15, 0.2) is 0 Å². The fraction of sp³-hybridized carbons (Fsp3) is 0.0833. The van der Waals surface area contributed by atoms with Gasteiger partial charge in [-0.1, -0.05) is 12.1 Å². The van der Waals surface area contributed by atoms with Crippen molar-refractivity contribution in [1.82, 2.24) is 9.55 Å². The molecule has 0 saturated heterocycles. The van der Waals surface area contributed by atoms with Crippen molar-refractivity contribution in [3.8, 4) is 17.6 Å². The fourth-order valence-corrected chi connectivity index (χ4v) is 1.70. The minimum Gasteiger partial charge on any atom is -0.494 e. The van der Waals surface area contributed by atoms with E-state index in [9.17, 15) is 14.7 Å². The van der Waals surface area contributed by atoms with Crippen LogP contribution in [0.2, 0.25) is 0 Å². The van der Waals surface area contributed by atoms with Crippen molar-refractivity contribution in [2.45, 2.75) is 6.92 Å². The quantitative estimate of drug-likeness (QED) is 0.757. The average molecular weight is 243 g/mol. The summed E-state index contributed by atoms with van der Waals surface area (Å²) in [5.41, 5.74) is -0.312. The highest BCUT2D eigenvalue weighted by Gasteiger charge is 2.12. The Morgan fingerprint density at radius 1 is 1.39 bits per heavy atom. The topological polar surface area (TPSA) is 98.9 Å². The monoisotopic (exact) mass is 243 g/mol. The zero-order chi connectivity index (χ0) is 13.3. The van der Waals surface area contributed by atoms with Crippen molar-refractivity contribution < 1.29 is 5.11 Å². The van der Waals surface area contributed by atoms with E-state index in [2.05, 4.69) is 0 Å². The summed E-state index contributed by atoms with van der Waals surface area (Å²) in [6, 6.07) is 7.74. The third-order valence-corrected chi connectivity index (χ3v) is 2.53. The molecule has 1 heterocycles. The molecule has 6 heteroatoms. The molecule has 0 aliphatic rings. The minimum atomic E-state index is -0.790. The van der Waals surface area contributed by atoms with Gasteiger partial charge in [0.1, 0.15) is 6.07 Å². The number of nitrogens with zero attached hydrogens (tertiary/aromatic N) is 2. The molecule has 0 unspecified atom stereocenters. The lowest BCUT2D eigenvalue weighted by Crippen LogP contribution is -2.28. The van der Waals surface area contributed by atoms with Crippen LogP contribution in [0, 0.1) is 18.3 Å². The van der Waals surface area contributed by atoms with Crippen molar-refractivity contribution in [2.24, 2.45) is 0 Å². The molecule has 0 saturated carbocycles. The number of rotatable bonds is 1. The minimum absolute atomic E-state index is 0.233. The largest absolute Gasteiger partial charge is 0.494 e. The lowest BCUT2D eigenvalue weighted by atomic mass is 10.1. The summed E-state index contributed by atoms with van der Waals surface area (Å²) in [5.74, 6) is -0.508. The van der Waals surface area contributed by atoms with Crippen LogP contribution in [0.1, 0.15) is 11.1 Å². The van der Waals surface area contributed by atoms with Gasteiger partial charge < -0.3 is 5.11 Å². The van der Waals surface area contributed by atoms with Crippen LogP contribution in [-0.4, -0.2) is 14.7 Å². The van der Waals surface area contributed by atoms with Crippen LogP contribution in [0.25, 0.3) is 5.69 Å². The molecule has 0 aliphatic heterocycles. The molecular weight excluding hydrogens is 234 g/mol. The van der Waals surface area contributed by atoms with E-state index in [0.29, 0.717) is 5.56 Å². The van der Waals surface area contributed by atoms with Crippen LogP contribution in [0.4, 0.5) is 0 Å². The second kappa shape index (κ2) is 4.22. The van der Waals surface area contributed by atoms with Crippen LogP contribution in [-0.2, 0) is 0 Å². The second-order valence-electron chi connectivity index (χ2n) is 3.71. The number of benzene rings is 1. The van der Waals surface area contributed by atoms with Gasteiger partial charge in [0.2, 0.25) is 5.88 Å². The molecule has 0 fully saturated rings. The Kier molecular flexibility index (Phi) is 2.73. The third kappa shape index (κ3) is 1.78. The zero-order valence-corrected chi connectivity index (χ0v) is 9.47. The summed E-state index contributed by atoms with van der Waals surface area (Å²) < 4.78 is 0.882. The van der Waals surface area contributed by atoms with E-state index in [0.717, 1.165) is 10.6 Å². The highest BCUT2D eigenvalue weighted by molar-refractivity contribution is 5.54. The predicted octanol–water partition coefficient (Wildman–Crippen LogP) is 0.411. The molecule has 2 aromatic rings. The zero-order valence-electron chi connectivity index (χ0n) is 9.47. The van der Waals surface area contributed by atoms with E-state index in [-0.39, 0.29) is 11.3 Å². The molecule has 0 radical (unpaired) electrons. The van der Waals surface area contributed by atoms with Crippen LogP contribution in [0.5, 0.6) is 5.88 Å². The number of hydrogen-bond acceptors (Lipinski definition) is 4. The number of aromatic amines is 1. The summed E-state index contributed by atoms with van der Waals surface area (Å²) in [4.78, 5) is 24.7. The molecule has 90 valence electrons. The average Bonchev–Trinajstić information content (AvgIpc) is 2.27. The fourth-order valence-electron chi connectivity index (χ4n) is 1.70. The third-order valence-electron chi connectivity index (χ3n) is 2.53. The molecule has 0 aliphatic carbocycles. The van der Waals surface area contributed by atoms with Crippen molar-refractivity contribution in [3.05, 3.63) is 56.2 Å². The Morgan fingerprint density at radius 2 is 2.11 bits per heavy atom. The molecule has 6 nitrogen and oxygen atoms in total. The van der Waals surface area contributed by atoms with Crippen molar-refractivity contribution in [1.29, 1.82) is 5.26 Å². The Labute approximate surface area is 101 Å². The predicted molar refractivity (Wildman–Crippen MR) is 63.8 cm³/mol. The van der Waals surface area contributed by atoms with E-state index in [4.69, 9.17) is 5.26 Å². The first kappa shape index (κ1) is 11.7. The smallest absolute Gasteiger partial charge is 0.335 e. The van der Waals surface area contributed by atoms with Crippen molar-refractivity contribution in [3.63, 3.8) is 0 Å². The Balaban J connectivity index is 2.87. The molecule has 2 rings (SSSR count). The molecule has 2 N–H and O–H groups in total. The summed E-state index contributed by atoms with van der Waals surface area (Å²) in [5, 5.41) is 18.7. The lowest BCUT2D eigenvalue weighted by molar-refractivity contribution is 0.431. The van der Waals surface area contributed by atoms with Crippen LogP contribution in [0.15, 0.2) is 33.9 Å². The van der Waals surface area contributed by atoms with Gasteiger partial charge in [-0.3, -0.25) is 9.78 Å². The van der Waals surface area contributed by atoms with Crippen LogP contribution < -0.4 is 11.2 Å². The summed E-state index contributed by atoms with van der Waals surface area (Å²) in [6.07, 6.45) is 0. The van der Waals surface area contributed by atoms with Gasteiger partial charge in [-0.15, -0.1) is 0 Å². The number of nitriles is 1. The van der Waals surface area contributed by atoms with E-state index in [1.54, 1.807) is 19.1 Å². The summed E-state index contributed by atoms with van der Waals surface area (Å²) in [6.45, 7) is 1.72. The van der Waals surface area contributed by atoms with Gasteiger partial charge in [-0.2, -0.15) is 5.26 Å². The van der Waals surface area contributed by atoms with Gasteiger partial charge in [0, 0.05) is 0 Å². The SMILES string of the molecule is Cc1cccc(-n2c(O)cc(=O)[nH]c2=O)c1C#N. The van der Waals surface area contributed by atoms with E-state index >= 15 is 0 Å². The van der Waals surface area contributed by atoms with Crippen LogP contribution >= 0.6 is 0 Å². The maximum absolute atomic E-state index is 11.7. The highest BCUT2D eigenvalue weighted by atomic mass is 16.3. The molecular formula is C12H9N3O3. The Bertz CT molecular complexity index is 765. The van der Waals surface area contributed by atoms with E-state index < -0.39 is 17.1 Å². The molecule has 0 bridgehead atoms. The van der Waals surface area contributed by atoms with Gasteiger partial charge >= 0.3 is 5.69 Å². The molecule has 0 atom stereocenters. The van der Waals surface area contributed by atoms with Gasteiger partial charge in [0.25, 0.3) is 5.56 Å². The molecule has 0 amide bonds. The maximum Gasteiger partial charge on any atom is 0.335 e. The van der Waals surface area contributed by atoms with Crippen molar-refractivity contribution >= 4 is 0 Å². The summed E-state index contributed by atoms with van der Waals surface area (Å²) >= 11 is 0. The van der Waals surface area contributed by atoms with Gasteiger partial charge in [0.05, 0.1) is 17.3 Å². The maximum atomic E-state index is 11.7. The van der Waals surface area contributed by atoms with Gasteiger partial charge in [-0.25, -0.2) is 9.36 Å². The van der Waals surface area contributed by atoms with Crippen LogP contribution in [0.3, 0.4) is 0 Å². The first-order valence-corrected chi connectivity index (χ1v) is 5.10. The first-order chi connectivity index (χ1) is 8.54. The molecule has 1 aromatic heterocycles. The number of nitrogens with one attached hydrogen (secondary N) is 1. The van der Waals surface area contributed by atoms with E-state index in [1.807, 2.05) is 11.1 Å². The Hall–Kier alpha value is -2.81. The summed E-state index contributed by atoms with van der Waals surface area (Å²) in [7, 11) is 0. The standard InChI is InChI=1S/C12H9N3O3/c1-7-3-2-4-9(8(7)6-13)15-11(17)5-10(16)14-12(15)18/h2-5,17H,1H3,(H,14,16,18). The van der Waals surface area contributed by atoms with Gasteiger partial charge in [-0.05, 0) is 18.6 Å². The normalized spacial score (nSPS) is 10.0. The number of aryl methyl sites for hydroxylation is 1.